The number of carbonyl (C=O) groups is 1. The first-order valence-electron chi connectivity index (χ1n) is 6.48. The number of nitrogen functional groups attached to an aromatic ring is 1. The maximum atomic E-state index is 12.4. The Labute approximate surface area is 128 Å². The summed E-state index contributed by atoms with van der Waals surface area (Å²) in [6.07, 6.45) is 0. The minimum absolute atomic E-state index is 0.00743. The van der Waals surface area contributed by atoms with E-state index in [0.29, 0.717) is 22.8 Å². The smallest absolute Gasteiger partial charge is 0.257 e. The van der Waals surface area contributed by atoms with Crippen LogP contribution in [0.1, 0.15) is 21.5 Å². The molecule has 4 nitrogen and oxygen atoms in total. The molecule has 0 aliphatic heterocycles. The molecule has 0 aromatic heterocycles. The van der Waals surface area contributed by atoms with Crippen LogP contribution < -0.4 is 5.73 Å². The van der Waals surface area contributed by atoms with Gasteiger partial charge in [-0.25, -0.2) is 0 Å². The largest absolute Gasteiger partial charge is 0.507 e. The van der Waals surface area contributed by atoms with Gasteiger partial charge in [-0.3, -0.25) is 4.79 Å². The van der Waals surface area contributed by atoms with Gasteiger partial charge in [0.1, 0.15) is 5.75 Å². The molecule has 0 aliphatic rings. The highest BCUT2D eigenvalue weighted by atomic mass is 35.5. The summed E-state index contributed by atoms with van der Waals surface area (Å²) in [5, 5.41) is 10.5. The van der Waals surface area contributed by atoms with Crippen LogP contribution in [0.5, 0.6) is 5.75 Å². The van der Waals surface area contributed by atoms with E-state index in [1.54, 1.807) is 50.4 Å². The second kappa shape index (κ2) is 6.06. The standard InChI is InChI=1S/C16H17ClN2O2/c1-10-4-3-5-13(15(10)20)16(21)19(2)9-11-8-12(18)6-7-14(11)17/h3-8,20H,9,18H2,1-2H3. The molecule has 0 saturated heterocycles. The lowest BCUT2D eigenvalue weighted by Gasteiger charge is -2.19. The van der Waals surface area contributed by atoms with Gasteiger partial charge in [-0.05, 0) is 42.3 Å². The number of nitrogens with two attached hydrogens (primary N) is 1. The molecule has 2 aromatic carbocycles. The third-order valence-corrected chi connectivity index (χ3v) is 3.66. The molecular weight excluding hydrogens is 288 g/mol. The molecule has 0 aliphatic carbocycles. The predicted octanol–water partition coefficient (Wildman–Crippen LogP) is 3.21. The summed E-state index contributed by atoms with van der Waals surface area (Å²) < 4.78 is 0. The van der Waals surface area contributed by atoms with Crippen LogP contribution in [0.2, 0.25) is 5.02 Å². The van der Waals surface area contributed by atoms with Crippen molar-refractivity contribution >= 4 is 23.2 Å². The Morgan fingerprint density at radius 3 is 2.76 bits per heavy atom. The Hall–Kier alpha value is -2.20. The maximum absolute atomic E-state index is 12.4. The van der Waals surface area contributed by atoms with E-state index in [-0.39, 0.29) is 17.2 Å². The van der Waals surface area contributed by atoms with Crippen LogP contribution in [-0.2, 0) is 6.54 Å². The van der Waals surface area contributed by atoms with Crippen molar-refractivity contribution in [2.75, 3.05) is 12.8 Å². The van der Waals surface area contributed by atoms with Crippen molar-refractivity contribution in [3.8, 4) is 5.75 Å². The quantitative estimate of drug-likeness (QED) is 0.856. The van der Waals surface area contributed by atoms with Crippen molar-refractivity contribution in [1.29, 1.82) is 0 Å². The van der Waals surface area contributed by atoms with Crippen LogP contribution >= 0.6 is 11.6 Å². The summed E-state index contributed by atoms with van der Waals surface area (Å²) in [5.41, 5.74) is 8.03. The van der Waals surface area contributed by atoms with Gasteiger partial charge in [-0.15, -0.1) is 0 Å². The number of aromatic hydroxyl groups is 1. The van der Waals surface area contributed by atoms with Crippen LogP contribution in [-0.4, -0.2) is 23.0 Å². The molecule has 2 aromatic rings. The topological polar surface area (TPSA) is 66.6 Å². The summed E-state index contributed by atoms with van der Waals surface area (Å²) in [7, 11) is 1.66. The molecule has 0 saturated carbocycles. The summed E-state index contributed by atoms with van der Waals surface area (Å²) in [6.45, 7) is 2.07. The van der Waals surface area contributed by atoms with E-state index >= 15 is 0 Å². The number of halogens is 1. The Morgan fingerprint density at radius 2 is 2.05 bits per heavy atom. The molecule has 0 spiro atoms. The highest BCUT2D eigenvalue weighted by Gasteiger charge is 2.17. The van der Waals surface area contributed by atoms with E-state index in [0.717, 1.165) is 5.56 Å². The number of nitrogens with zero attached hydrogens (tertiary/aromatic N) is 1. The van der Waals surface area contributed by atoms with Crippen molar-refractivity contribution in [1.82, 2.24) is 4.90 Å². The van der Waals surface area contributed by atoms with Crippen molar-refractivity contribution in [2.45, 2.75) is 13.5 Å². The number of aryl methyl sites for hydroxylation is 1. The van der Waals surface area contributed by atoms with Gasteiger partial charge in [-0.2, -0.15) is 0 Å². The SMILES string of the molecule is Cc1cccc(C(=O)N(C)Cc2cc(N)ccc2Cl)c1O. The molecular formula is C16H17ClN2O2. The van der Waals surface area contributed by atoms with Gasteiger partial charge in [0.2, 0.25) is 0 Å². The van der Waals surface area contributed by atoms with Crippen LogP contribution in [0.3, 0.4) is 0 Å². The molecule has 0 fully saturated rings. The Bertz CT molecular complexity index is 686. The molecule has 0 atom stereocenters. The van der Waals surface area contributed by atoms with E-state index in [4.69, 9.17) is 17.3 Å². The first kappa shape index (κ1) is 15.2. The maximum Gasteiger partial charge on any atom is 0.257 e. The molecule has 2 rings (SSSR count). The lowest BCUT2D eigenvalue weighted by atomic mass is 10.1. The van der Waals surface area contributed by atoms with Crippen molar-refractivity contribution in [2.24, 2.45) is 0 Å². The highest BCUT2D eigenvalue weighted by molar-refractivity contribution is 6.31. The fraction of sp³-hybridized carbons (Fsp3) is 0.188. The predicted molar refractivity (Wildman–Crippen MR) is 84.5 cm³/mol. The van der Waals surface area contributed by atoms with Crippen LogP contribution in [0, 0.1) is 6.92 Å². The van der Waals surface area contributed by atoms with Crippen molar-refractivity contribution < 1.29 is 9.90 Å². The number of benzene rings is 2. The number of hydrogen-bond donors (Lipinski definition) is 2. The first-order chi connectivity index (χ1) is 9.90. The van der Waals surface area contributed by atoms with E-state index in [9.17, 15) is 9.90 Å². The molecule has 110 valence electrons. The summed E-state index contributed by atoms with van der Waals surface area (Å²) >= 11 is 6.10. The average molecular weight is 305 g/mol. The fourth-order valence-electron chi connectivity index (χ4n) is 2.08. The molecule has 0 radical (unpaired) electrons. The van der Waals surface area contributed by atoms with Gasteiger partial charge in [0.25, 0.3) is 5.91 Å². The first-order valence-corrected chi connectivity index (χ1v) is 6.86. The van der Waals surface area contributed by atoms with Crippen molar-refractivity contribution in [3.63, 3.8) is 0 Å². The molecule has 5 heteroatoms. The zero-order chi connectivity index (χ0) is 15.6. The number of carbonyl (C=O) groups excluding carboxylic acids is 1. The summed E-state index contributed by atoms with van der Waals surface area (Å²) in [4.78, 5) is 13.9. The number of amides is 1. The van der Waals surface area contributed by atoms with Crippen molar-refractivity contribution in [3.05, 3.63) is 58.1 Å². The third-order valence-electron chi connectivity index (χ3n) is 3.29. The van der Waals surface area contributed by atoms with Gasteiger partial charge < -0.3 is 15.7 Å². The van der Waals surface area contributed by atoms with Gasteiger partial charge in [0.15, 0.2) is 0 Å². The normalized spacial score (nSPS) is 10.4. The van der Waals surface area contributed by atoms with Gasteiger partial charge >= 0.3 is 0 Å². The Morgan fingerprint density at radius 1 is 1.33 bits per heavy atom. The molecule has 1 amide bonds. The molecule has 3 N–H and O–H groups in total. The van der Waals surface area contributed by atoms with E-state index in [2.05, 4.69) is 0 Å². The second-order valence-corrected chi connectivity index (χ2v) is 5.39. The zero-order valence-corrected chi connectivity index (χ0v) is 12.7. The molecule has 0 bridgehead atoms. The summed E-state index contributed by atoms with van der Waals surface area (Å²) in [5.74, 6) is -0.261. The van der Waals surface area contributed by atoms with E-state index in [1.165, 1.54) is 4.90 Å². The van der Waals surface area contributed by atoms with Gasteiger partial charge in [0.05, 0.1) is 5.56 Å². The summed E-state index contributed by atoms with van der Waals surface area (Å²) in [6, 6.07) is 10.2. The number of phenolic OH excluding ortho intramolecular Hbond substituents is 1. The molecule has 0 heterocycles. The fourth-order valence-corrected chi connectivity index (χ4v) is 2.26. The lowest BCUT2D eigenvalue weighted by molar-refractivity contribution is 0.0782. The number of para-hydroxylation sites is 1. The zero-order valence-electron chi connectivity index (χ0n) is 11.9. The highest BCUT2D eigenvalue weighted by Crippen LogP contribution is 2.25. The van der Waals surface area contributed by atoms with Gasteiger partial charge in [0, 0.05) is 24.3 Å². The van der Waals surface area contributed by atoms with Gasteiger partial charge in [-0.1, -0.05) is 23.7 Å². The Balaban J connectivity index is 2.24. The third kappa shape index (κ3) is 3.28. The average Bonchev–Trinajstić information content (AvgIpc) is 2.45. The second-order valence-electron chi connectivity index (χ2n) is 4.98. The number of anilines is 1. The van der Waals surface area contributed by atoms with Crippen LogP contribution in [0.15, 0.2) is 36.4 Å². The molecule has 21 heavy (non-hydrogen) atoms. The number of hydrogen-bond acceptors (Lipinski definition) is 3. The minimum atomic E-state index is -0.269. The van der Waals surface area contributed by atoms with Crippen LogP contribution in [0.4, 0.5) is 5.69 Å². The number of phenols is 1. The molecule has 0 unspecified atom stereocenters. The van der Waals surface area contributed by atoms with E-state index in [1.807, 2.05) is 0 Å². The Kier molecular flexibility index (Phi) is 4.38. The monoisotopic (exact) mass is 304 g/mol. The number of rotatable bonds is 3. The minimum Gasteiger partial charge on any atom is -0.507 e. The van der Waals surface area contributed by atoms with E-state index < -0.39 is 0 Å². The lowest BCUT2D eigenvalue weighted by Crippen LogP contribution is -2.26. The van der Waals surface area contributed by atoms with Crippen LogP contribution in [0.25, 0.3) is 0 Å².